The molecule has 0 unspecified atom stereocenters. The van der Waals surface area contributed by atoms with Crippen LogP contribution in [0.2, 0.25) is 0 Å². The van der Waals surface area contributed by atoms with Crippen LogP contribution in [-0.2, 0) is 22.6 Å². The molecule has 16 heteroatoms. The van der Waals surface area contributed by atoms with Gasteiger partial charge < -0.3 is 85.8 Å². The van der Waals surface area contributed by atoms with Crippen molar-refractivity contribution >= 4 is 34.6 Å². The number of benzene rings is 2. The molecule has 4 rings (SSSR count). The molecule has 2 aromatic heterocycles. The maximum Gasteiger partial charge on any atom is 0.338 e. The summed E-state index contributed by atoms with van der Waals surface area (Å²) in [6, 6.07) is 6.53. The van der Waals surface area contributed by atoms with Gasteiger partial charge >= 0.3 is 11.9 Å². The lowest BCUT2D eigenvalue weighted by molar-refractivity contribution is -0.692. The van der Waals surface area contributed by atoms with Gasteiger partial charge in [0.1, 0.15) is 13.1 Å². The second-order valence-electron chi connectivity index (χ2n) is 12.5. The molecule has 2 heterocycles. The highest BCUT2D eigenvalue weighted by Crippen LogP contribution is 2.40. The molecule has 0 atom stereocenters. The Balaban J connectivity index is 0.00000541. The van der Waals surface area contributed by atoms with Crippen molar-refractivity contribution < 1.29 is 105 Å². The van der Waals surface area contributed by atoms with Crippen LogP contribution in [0.3, 0.4) is 0 Å². The van der Waals surface area contributed by atoms with Crippen LogP contribution in [0.25, 0.3) is 0 Å². The molecule has 0 saturated carbocycles. The minimum atomic E-state index is -0.425. The van der Waals surface area contributed by atoms with E-state index in [9.17, 15) is 9.59 Å². The number of nitrogens with zero attached hydrogens (tertiary/aromatic N) is 2. The zero-order valence-electron chi connectivity index (χ0n) is 32.6. The van der Waals surface area contributed by atoms with Gasteiger partial charge in [-0.2, -0.15) is 9.13 Å². The molecule has 2 aromatic carbocycles. The summed E-state index contributed by atoms with van der Waals surface area (Å²) in [4.78, 5) is 25.5. The number of rotatable bonds is 27. The number of carbonyl (C=O) groups excluding carboxylic acids is 2. The molecule has 0 N–H and O–H groups in total. The lowest BCUT2D eigenvalue weighted by Crippen LogP contribution is -3.00. The third-order valence-electron chi connectivity index (χ3n) is 8.57. The van der Waals surface area contributed by atoms with Crippen molar-refractivity contribution in [3.63, 3.8) is 0 Å². The van der Waals surface area contributed by atoms with Gasteiger partial charge in [-0.1, -0.05) is 48.4 Å². The Morgan fingerprint density at radius 2 is 0.839 bits per heavy atom. The lowest BCUT2D eigenvalue weighted by atomic mass is 10.1. The van der Waals surface area contributed by atoms with Gasteiger partial charge in [0.05, 0.1) is 76.8 Å². The molecule has 0 fully saturated rings. The number of unbranched alkanes of at least 4 members (excludes halogenated alkanes) is 7. The van der Waals surface area contributed by atoms with Gasteiger partial charge in [-0.15, -0.1) is 0 Å². The van der Waals surface area contributed by atoms with Crippen molar-refractivity contribution in [2.75, 3.05) is 54.9 Å². The molecule has 0 bridgehead atoms. The van der Waals surface area contributed by atoms with E-state index in [0.717, 1.165) is 77.3 Å². The Morgan fingerprint density at radius 3 is 1.16 bits per heavy atom. The average Bonchev–Trinajstić information content (AvgIpc) is 3.93. The molecular weight excluding hydrogens is 986 g/mol. The second kappa shape index (κ2) is 28.3. The van der Waals surface area contributed by atoms with Crippen LogP contribution in [0.15, 0.2) is 58.4 Å². The molecule has 0 saturated heterocycles. The molecule has 0 aliphatic carbocycles. The van der Waals surface area contributed by atoms with Crippen molar-refractivity contribution in [1.29, 1.82) is 0 Å². The lowest BCUT2D eigenvalue weighted by Gasteiger charge is -2.16. The summed E-state index contributed by atoms with van der Waals surface area (Å²) in [5.74, 6) is 1.79. The van der Waals surface area contributed by atoms with Crippen molar-refractivity contribution in [3.8, 4) is 34.5 Å². The number of carbonyl (C=O) groups is 2. The number of esters is 2. The largest absolute Gasteiger partial charge is 1.00 e. The van der Waals surface area contributed by atoms with Crippen LogP contribution < -0.4 is 85.5 Å². The topological polar surface area (TPSA) is 116 Å². The molecule has 310 valence electrons. The molecule has 0 aliphatic rings. The average molecular weight is 1040 g/mol. The van der Waals surface area contributed by atoms with E-state index in [1.54, 1.807) is 46.9 Å². The SMILES string of the molecule is COc1cc(C(=O)OCCCC[n+]2ccsc2)cc(OC)c1OCCCCCCCCOc1c(OC)cc(C(=O)OCCCC[n+]2ccsc2)cc1OC.[I-].[I-]. The summed E-state index contributed by atoms with van der Waals surface area (Å²) >= 11 is 3.31. The van der Waals surface area contributed by atoms with E-state index in [4.69, 9.17) is 37.9 Å². The first-order valence-corrected chi connectivity index (χ1v) is 20.3. The van der Waals surface area contributed by atoms with Crippen LogP contribution in [0.5, 0.6) is 34.5 Å². The minimum absolute atomic E-state index is 0. The van der Waals surface area contributed by atoms with Gasteiger partial charge in [-0.05, 0) is 49.9 Å². The number of halogens is 2. The molecule has 0 amide bonds. The Morgan fingerprint density at radius 1 is 0.500 bits per heavy atom. The van der Waals surface area contributed by atoms with Gasteiger partial charge in [0.2, 0.25) is 22.5 Å². The normalized spacial score (nSPS) is 10.4. The predicted octanol–water partition coefficient (Wildman–Crippen LogP) is 1.50. The van der Waals surface area contributed by atoms with Gasteiger partial charge in [0.25, 0.3) is 0 Å². The zero-order chi connectivity index (χ0) is 38.4. The number of hydrogen-bond donors (Lipinski definition) is 0. The molecular formula is C40H54I2N2O10S2. The molecule has 12 nitrogen and oxygen atoms in total. The molecule has 0 spiro atoms. The number of ether oxygens (including phenoxy) is 8. The first-order chi connectivity index (χ1) is 26.5. The first-order valence-electron chi connectivity index (χ1n) is 18.4. The van der Waals surface area contributed by atoms with E-state index in [1.165, 1.54) is 28.4 Å². The van der Waals surface area contributed by atoms with Gasteiger partial charge in [-0.25, -0.2) is 9.59 Å². The summed E-state index contributed by atoms with van der Waals surface area (Å²) in [7, 11) is 6.15. The second-order valence-corrected chi connectivity index (χ2v) is 14.0. The molecule has 0 aliphatic heterocycles. The third-order valence-corrected chi connectivity index (χ3v) is 9.91. The Bertz CT molecular complexity index is 1520. The fourth-order valence-electron chi connectivity index (χ4n) is 5.61. The highest BCUT2D eigenvalue weighted by molar-refractivity contribution is 7.07. The zero-order valence-corrected chi connectivity index (χ0v) is 38.6. The Labute approximate surface area is 372 Å². The monoisotopic (exact) mass is 1040 g/mol. The third kappa shape index (κ3) is 16.4. The Hall–Kier alpha value is -3.10. The molecule has 0 radical (unpaired) electrons. The summed E-state index contributed by atoms with van der Waals surface area (Å²) < 4.78 is 49.5. The van der Waals surface area contributed by atoms with Crippen molar-refractivity contribution in [2.45, 2.75) is 77.3 Å². The quantitative estimate of drug-likeness (QED) is 0.0377. The van der Waals surface area contributed by atoms with E-state index in [0.29, 0.717) is 72.1 Å². The summed E-state index contributed by atoms with van der Waals surface area (Å²) in [6.07, 6.45) is 13.2. The first kappa shape index (κ1) is 49.0. The van der Waals surface area contributed by atoms with Crippen LogP contribution in [0.1, 0.15) is 84.9 Å². The number of thiazole rings is 2. The smallest absolute Gasteiger partial charge is 0.338 e. The predicted molar refractivity (Wildman–Crippen MR) is 206 cm³/mol. The van der Waals surface area contributed by atoms with E-state index in [1.807, 2.05) is 23.2 Å². The van der Waals surface area contributed by atoms with Crippen LogP contribution in [0, 0.1) is 0 Å². The van der Waals surface area contributed by atoms with Gasteiger partial charge in [0.15, 0.2) is 35.4 Å². The van der Waals surface area contributed by atoms with Crippen molar-refractivity contribution in [1.82, 2.24) is 0 Å². The van der Waals surface area contributed by atoms with E-state index < -0.39 is 11.9 Å². The van der Waals surface area contributed by atoms with Crippen LogP contribution >= 0.6 is 22.7 Å². The highest BCUT2D eigenvalue weighted by Gasteiger charge is 2.20. The number of aromatic nitrogens is 2. The maximum absolute atomic E-state index is 12.7. The van der Waals surface area contributed by atoms with Gasteiger partial charge in [0, 0.05) is 12.8 Å². The number of hydrogen-bond acceptors (Lipinski definition) is 12. The van der Waals surface area contributed by atoms with E-state index in [-0.39, 0.29) is 48.0 Å². The van der Waals surface area contributed by atoms with E-state index in [2.05, 4.69) is 20.2 Å². The van der Waals surface area contributed by atoms with Crippen molar-refractivity contribution in [2.24, 2.45) is 0 Å². The standard InChI is InChI=1S/C40H54N2O10S2.2HI/c1-45-33-25-31(39(43)51-21-13-9-15-41-17-23-53-29-41)26-34(46-2)37(33)49-19-11-7-5-6-8-12-20-50-38-35(47-3)27-32(28-36(38)48-4)40(44)52-22-14-10-16-42-18-24-54-30-42;;/h17-18,23-30H,5-16,19-22H2,1-4H3;2*1H/q+2;;/p-2. The van der Waals surface area contributed by atoms with Gasteiger partial charge in [-0.3, -0.25) is 0 Å². The minimum Gasteiger partial charge on any atom is -1.00 e. The molecule has 56 heavy (non-hydrogen) atoms. The highest BCUT2D eigenvalue weighted by atomic mass is 127. The number of methoxy groups -OCH3 is 4. The fourth-order valence-corrected chi connectivity index (χ4v) is 6.86. The molecule has 4 aromatic rings. The fraction of sp³-hybridized carbons (Fsp3) is 0.500. The van der Waals surface area contributed by atoms with E-state index >= 15 is 0 Å². The summed E-state index contributed by atoms with van der Waals surface area (Å²) in [5.41, 5.74) is 4.83. The number of aryl methyl sites for hydroxylation is 2. The maximum atomic E-state index is 12.7. The summed E-state index contributed by atoms with van der Waals surface area (Å²) in [5, 5.41) is 4.07. The Kier molecular flexibility index (Phi) is 24.8. The van der Waals surface area contributed by atoms with Crippen LogP contribution in [0.4, 0.5) is 0 Å². The van der Waals surface area contributed by atoms with Crippen LogP contribution in [-0.4, -0.2) is 66.8 Å². The summed E-state index contributed by atoms with van der Waals surface area (Å²) in [6.45, 7) is 3.44. The van der Waals surface area contributed by atoms with Crippen molar-refractivity contribution in [3.05, 3.63) is 69.6 Å².